The van der Waals surface area contributed by atoms with Crippen molar-refractivity contribution in [1.29, 1.82) is 0 Å². The second-order valence-corrected chi connectivity index (χ2v) is 5.40. The van der Waals surface area contributed by atoms with Crippen LogP contribution in [0.2, 0.25) is 5.15 Å². The van der Waals surface area contributed by atoms with Crippen molar-refractivity contribution >= 4 is 34.9 Å². The largest absolute Gasteiger partial charge is 0.226 e. The topological polar surface area (TPSA) is 51.6 Å². The molecule has 0 aromatic carbocycles. The number of halogens is 1. The normalized spacial score (nSPS) is 10.7. The van der Waals surface area contributed by atoms with Crippen LogP contribution in [0.1, 0.15) is 18.3 Å². The maximum absolute atomic E-state index is 6.04. The molecule has 0 saturated carbocycles. The molecule has 84 valence electrons. The van der Waals surface area contributed by atoms with Gasteiger partial charge in [-0.25, -0.2) is 15.0 Å². The Morgan fingerprint density at radius 3 is 2.88 bits per heavy atom. The molecule has 2 rings (SSSR count). The van der Waals surface area contributed by atoms with E-state index in [4.69, 9.17) is 11.6 Å². The summed E-state index contributed by atoms with van der Waals surface area (Å²) in [5.74, 6) is 0.752. The lowest BCUT2D eigenvalue weighted by molar-refractivity contribution is 0.871. The van der Waals surface area contributed by atoms with Gasteiger partial charge in [0, 0.05) is 12.0 Å². The monoisotopic (exact) mass is 272 g/mol. The van der Waals surface area contributed by atoms with E-state index in [2.05, 4.69) is 19.3 Å². The fourth-order valence-electron chi connectivity index (χ4n) is 1.06. The predicted molar refractivity (Wildman–Crippen MR) is 65.2 cm³/mol. The van der Waals surface area contributed by atoms with Gasteiger partial charge in [-0.15, -0.1) is 0 Å². The van der Waals surface area contributed by atoms with Crippen LogP contribution in [0.25, 0.3) is 0 Å². The van der Waals surface area contributed by atoms with Gasteiger partial charge < -0.3 is 0 Å². The summed E-state index contributed by atoms with van der Waals surface area (Å²) >= 11 is 8.86. The Morgan fingerprint density at radius 2 is 2.25 bits per heavy atom. The van der Waals surface area contributed by atoms with E-state index in [-0.39, 0.29) is 0 Å². The smallest absolute Gasteiger partial charge is 0.176 e. The van der Waals surface area contributed by atoms with Gasteiger partial charge in [-0.05, 0) is 30.2 Å². The molecule has 0 aliphatic rings. The third kappa shape index (κ3) is 2.50. The molecule has 2 aromatic heterocycles. The molecule has 4 nitrogen and oxygen atoms in total. The van der Waals surface area contributed by atoms with Crippen LogP contribution < -0.4 is 0 Å². The quantitative estimate of drug-likeness (QED) is 0.804. The molecule has 0 spiro atoms. The van der Waals surface area contributed by atoms with Gasteiger partial charge >= 0.3 is 0 Å². The minimum absolute atomic E-state index is 0.513. The molecule has 0 saturated heterocycles. The summed E-state index contributed by atoms with van der Waals surface area (Å²) in [4.78, 5) is 12.7. The van der Waals surface area contributed by atoms with Crippen LogP contribution in [0.15, 0.2) is 15.7 Å². The van der Waals surface area contributed by atoms with Crippen molar-refractivity contribution in [3.63, 3.8) is 0 Å². The van der Waals surface area contributed by atoms with E-state index in [9.17, 15) is 0 Å². The van der Waals surface area contributed by atoms with E-state index in [0.717, 1.165) is 27.2 Å². The molecule has 0 unspecified atom stereocenters. The lowest BCUT2D eigenvalue weighted by Crippen LogP contribution is -1.98. The molecule has 0 atom stereocenters. The first-order valence-corrected chi connectivity index (χ1v) is 6.65. The number of aromatic nitrogens is 4. The minimum atomic E-state index is 0.513. The number of nitrogens with zero attached hydrogens (tertiary/aromatic N) is 4. The Hall–Kier alpha value is -0.720. The summed E-state index contributed by atoms with van der Waals surface area (Å²) in [5.41, 5.74) is 0.888. The van der Waals surface area contributed by atoms with Crippen molar-refractivity contribution in [1.82, 2.24) is 19.3 Å². The highest BCUT2D eigenvalue weighted by Gasteiger charge is 2.11. The van der Waals surface area contributed by atoms with Crippen LogP contribution in [0.4, 0.5) is 0 Å². The summed E-state index contributed by atoms with van der Waals surface area (Å²) in [6.45, 7) is 3.91. The summed E-state index contributed by atoms with van der Waals surface area (Å²) in [6, 6.07) is 0. The molecule has 0 aliphatic carbocycles. The zero-order valence-corrected chi connectivity index (χ0v) is 11.2. The molecule has 7 heteroatoms. The first-order chi connectivity index (χ1) is 7.70. The first kappa shape index (κ1) is 11.8. The van der Waals surface area contributed by atoms with Crippen LogP contribution >= 0.6 is 34.9 Å². The number of aryl methyl sites for hydroxylation is 1. The Labute approximate surface area is 107 Å². The van der Waals surface area contributed by atoms with E-state index in [1.54, 1.807) is 0 Å². The van der Waals surface area contributed by atoms with Crippen LogP contribution in [0, 0.1) is 6.92 Å². The maximum Gasteiger partial charge on any atom is 0.176 e. The minimum Gasteiger partial charge on any atom is -0.226 e. The molecule has 0 bridgehead atoms. The predicted octanol–water partition coefficient (Wildman–Crippen LogP) is 3.00. The van der Waals surface area contributed by atoms with E-state index in [0.29, 0.717) is 5.15 Å². The molecule has 0 amide bonds. The van der Waals surface area contributed by atoms with Gasteiger partial charge in [0.15, 0.2) is 4.34 Å². The van der Waals surface area contributed by atoms with Crippen molar-refractivity contribution in [2.45, 2.75) is 29.6 Å². The molecule has 16 heavy (non-hydrogen) atoms. The Kier molecular flexibility index (Phi) is 3.73. The van der Waals surface area contributed by atoms with Crippen LogP contribution in [-0.4, -0.2) is 19.3 Å². The number of hydrogen-bond acceptors (Lipinski definition) is 6. The fraction of sp³-hybridized carbons (Fsp3) is 0.333. The van der Waals surface area contributed by atoms with E-state index >= 15 is 0 Å². The van der Waals surface area contributed by atoms with Gasteiger partial charge in [-0.1, -0.05) is 18.5 Å². The SMILES string of the molecule is CCc1nc(Cl)c(C)c(Sc2ncns2)n1. The zero-order valence-electron chi connectivity index (χ0n) is 8.77. The van der Waals surface area contributed by atoms with E-state index < -0.39 is 0 Å². The Balaban J connectivity index is 2.36. The van der Waals surface area contributed by atoms with Crippen molar-refractivity contribution < 1.29 is 0 Å². The molecule has 2 aromatic rings. The molecule has 0 N–H and O–H groups in total. The molecule has 2 heterocycles. The fourth-order valence-corrected chi connectivity index (χ4v) is 2.76. The summed E-state index contributed by atoms with van der Waals surface area (Å²) in [7, 11) is 0. The maximum atomic E-state index is 6.04. The van der Waals surface area contributed by atoms with Crippen molar-refractivity contribution in [3.05, 3.63) is 22.9 Å². The highest BCUT2D eigenvalue weighted by Crippen LogP contribution is 2.31. The highest BCUT2D eigenvalue weighted by atomic mass is 35.5. The molecular weight excluding hydrogens is 264 g/mol. The third-order valence-corrected chi connectivity index (χ3v) is 4.10. The summed E-state index contributed by atoms with van der Waals surface area (Å²) < 4.78 is 4.81. The average molecular weight is 273 g/mol. The molecular formula is C9H9ClN4S2. The van der Waals surface area contributed by atoms with Crippen molar-refractivity contribution in [3.8, 4) is 0 Å². The lowest BCUT2D eigenvalue weighted by atomic mass is 10.3. The van der Waals surface area contributed by atoms with Gasteiger partial charge in [0.2, 0.25) is 0 Å². The van der Waals surface area contributed by atoms with Crippen molar-refractivity contribution in [2.24, 2.45) is 0 Å². The van der Waals surface area contributed by atoms with E-state index in [1.165, 1.54) is 29.6 Å². The van der Waals surface area contributed by atoms with Crippen molar-refractivity contribution in [2.75, 3.05) is 0 Å². The molecule has 0 aliphatic heterocycles. The van der Waals surface area contributed by atoms with Gasteiger partial charge in [0.25, 0.3) is 0 Å². The van der Waals surface area contributed by atoms with Gasteiger partial charge in [-0.3, -0.25) is 0 Å². The number of hydrogen-bond donors (Lipinski definition) is 0. The second-order valence-electron chi connectivity index (χ2n) is 3.02. The Morgan fingerprint density at radius 1 is 1.44 bits per heavy atom. The van der Waals surface area contributed by atoms with Crippen LogP contribution in [0.3, 0.4) is 0 Å². The van der Waals surface area contributed by atoms with Gasteiger partial charge in [-0.2, -0.15) is 4.37 Å². The summed E-state index contributed by atoms with van der Waals surface area (Å²) in [5, 5.41) is 1.37. The van der Waals surface area contributed by atoms with Gasteiger partial charge in [0.1, 0.15) is 22.3 Å². The second kappa shape index (κ2) is 5.07. The van der Waals surface area contributed by atoms with Gasteiger partial charge in [0.05, 0.1) is 0 Å². The Bertz CT molecular complexity index is 487. The highest BCUT2D eigenvalue weighted by molar-refractivity contribution is 8.00. The first-order valence-electron chi connectivity index (χ1n) is 4.68. The lowest BCUT2D eigenvalue weighted by Gasteiger charge is -2.05. The van der Waals surface area contributed by atoms with E-state index in [1.807, 2.05) is 13.8 Å². The third-order valence-electron chi connectivity index (χ3n) is 1.93. The molecule has 0 radical (unpaired) electrons. The van der Waals surface area contributed by atoms with Crippen LogP contribution in [0.5, 0.6) is 0 Å². The summed E-state index contributed by atoms with van der Waals surface area (Å²) in [6.07, 6.45) is 2.30. The average Bonchev–Trinajstić information content (AvgIpc) is 2.77. The molecule has 0 fully saturated rings. The number of rotatable bonds is 3. The van der Waals surface area contributed by atoms with Crippen LogP contribution in [-0.2, 0) is 6.42 Å². The standard InChI is InChI=1S/C9H9ClN4S2/c1-3-6-13-7(10)5(2)8(14-6)15-9-11-4-12-16-9/h4H,3H2,1-2H3. The zero-order chi connectivity index (χ0) is 11.5.